The maximum atomic E-state index is 12.9. The van der Waals surface area contributed by atoms with Gasteiger partial charge in [0.1, 0.15) is 0 Å². The lowest BCUT2D eigenvalue weighted by Gasteiger charge is -2.33. The second-order valence-electron chi connectivity index (χ2n) is 11.0. The Hall–Kier alpha value is -1.14. The van der Waals surface area contributed by atoms with Gasteiger partial charge in [-0.25, -0.2) is 0 Å². The van der Waals surface area contributed by atoms with Crippen LogP contribution in [0, 0.1) is 0 Å². The molecule has 0 radical (unpaired) electrons. The third-order valence-corrected chi connectivity index (χ3v) is 7.57. The highest BCUT2D eigenvalue weighted by atomic mass is 16.7. The van der Waals surface area contributed by atoms with E-state index in [0.29, 0.717) is 18.4 Å². The number of hydrogen-bond acceptors (Lipinski definition) is 5. The van der Waals surface area contributed by atoms with Crippen LogP contribution in [0.25, 0.3) is 0 Å². The van der Waals surface area contributed by atoms with Gasteiger partial charge in [-0.05, 0) is 61.8 Å². The Labute approximate surface area is 182 Å². The average molecular weight is 414 g/mol. The number of rotatable bonds is 6. The molecular formula is C23H36B2O5. The molecule has 0 bridgehead atoms. The first-order valence-electron chi connectivity index (χ1n) is 10.9. The molecule has 1 aromatic rings. The Morgan fingerprint density at radius 3 is 1.50 bits per heavy atom. The van der Waals surface area contributed by atoms with Crippen LogP contribution in [0.2, 0.25) is 5.21 Å². The summed E-state index contributed by atoms with van der Waals surface area (Å²) in [5, 5.41) is -0.666. The Morgan fingerprint density at radius 1 is 0.767 bits per heavy atom. The minimum atomic E-state index is -0.666. The lowest BCUT2D eigenvalue weighted by Crippen LogP contribution is -2.47. The molecule has 2 heterocycles. The van der Waals surface area contributed by atoms with Crippen molar-refractivity contribution in [3.8, 4) is 0 Å². The lowest BCUT2D eigenvalue weighted by atomic mass is 9.38. The highest BCUT2D eigenvalue weighted by molar-refractivity contribution is 6.71. The quantitative estimate of drug-likeness (QED) is 0.477. The molecule has 2 aliphatic heterocycles. The SMILES string of the molecule is CC(CCC(=O)c1ccccc1)(B1OC(C)(C)C(C)(C)O1)B1OC(C)(C)C(C)(C)O1. The summed E-state index contributed by atoms with van der Waals surface area (Å²) in [5.41, 5.74) is -1.21. The van der Waals surface area contributed by atoms with Crippen molar-refractivity contribution in [2.24, 2.45) is 0 Å². The van der Waals surface area contributed by atoms with Gasteiger partial charge in [0.25, 0.3) is 0 Å². The van der Waals surface area contributed by atoms with Gasteiger partial charge in [0.2, 0.25) is 0 Å². The van der Waals surface area contributed by atoms with Crippen LogP contribution in [0.15, 0.2) is 30.3 Å². The standard InChI is InChI=1S/C23H36B2O5/c1-19(2)20(3,4)28-24(27-19)23(9,25-29-21(5,6)22(7,8)30-25)16-15-18(26)17-13-11-10-12-14-17/h10-14H,15-16H2,1-9H3. The topological polar surface area (TPSA) is 54.0 Å². The predicted molar refractivity (Wildman–Crippen MR) is 121 cm³/mol. The molecule has 3 rings (SSSR count). The Bertz CT molecular complexity index is 720. The zero-order chi connectivity index (χ0) is 22.6. The minimum Gasteiger partial charge on any atom is -0.403 e. The van der Waals surface area contributed by atoms with Crippen LogP contribution < -0.4 is 0 Å². The van der Waals surface area contributed by atoms with Gasteiger partial charge in [-0.1, -0.05) is 37.3 Å². The zero-order valence-electron chi connectivity index (χ0n) is 20.0. The fraction of sp³-hybridized carbons (Fsp3) is 0.696. The normalized spacial score (nSPS) is 24.3. The molecule has 1 aromatic carbocycles. The Kier molecular flexibility index (Phi) is 5.86. The van der Waals surface area contributed by atoms with E-state index in [1.165, 1.54) is 0 Å². The Balaban J connectivity index is 1.89. The highest BCUT2D eigenvalue weighted by Crippen LogP contribution is 2.53. The van der Waals surface area contributed by atoms with Gasteiger partial charge in [0, 0.05) is 17.2 Å². The molecule has 2 fully saturated rings. The van der Waals surface area contributed by atoms with E-state index in [1.54, 1.807) is 0 Å². The van der Waals surface area contributed by atoms with E-state index in [0.717, 1.165) is 0 Å². The Morgan fingerprint density at radius 2 is 1.13 bits per heavy atom. The van der Waals surface area contributed by atoms with Gasteiger partial charge in [0.05, 0.1) is 22.4 Å². The maximum Gasteiger partial charge on any atom is 0.461 e. The predicted octanol–water partition coefficient (Wildman–Crippen LogP) is 5.13. The number of hydrogen-bond donors (Lipinski definition) is 0. The van der Waals surface area contributed by atoms with E-state index in [1.807, 2.05) is 85.7 Å². The summed E-state index contributed by atoms with van der Waals surface area (Å²) in [5.74, 6) is 0.0925. The number of carbonyl (C=O) groups excluding carboxylic acids is 1. The van der Waals surface area contributed by atoms with Crippen molar-refractivity contribution in [2.75, 3.05) is 0 Å². The third kappa shape index (κ3) is 4.02. The van der Waals surface area contributed by atoms with Crippen LogP contribution in [0.5, 0.6) is 0 Å². The van der Waals surface area contributed by atoms with E-state index in [-0.39, 0.29) is 5.78 Å². The summed E-state index contributed by atoms with van der Waals surface area (Å²) in [6, 6.07) is 9.38. The minimum absolute atomic E-state index is 0.0925. The van der Waals surface area contributed by atoms with E-state index >= 15 is 0 Å². The summed E-state index contributed by atoms with van der Waals surface area (Å²) in [6.07, 6.45) is 0.878. The van der Waals surface area contributed by atoms with Gasteiger partial charge in [-0.2, -0.15) is 0 Å². The molecule has 0 spiro atoms. The van der Waals surface area contributed by atoms with Crippen LogP contribution in [0.1, 0.15) is 85.5 Å². The number of carbonyl (C=O) groups is 1. The molecule has 0 saturated carbocycles. The highest BCUT2D eigenvalue weighted by Gasteiger charge is 2.67. The molecule has 164 valence electrons. The van der Waals surface area contributed by atoms with Gasteiger partial charge >= 0.3 is 14.2 Å². The number of Topliss-reactive ketones (excluding diaryl/α,β-unsaturated/α-hetero) is 1. The number of ketones is 1. The van der Waals surface area contributed by atoms with Crippen LogP contribution in [0.4, 0.5) is 0 Å². The fourth-order valence-electron chi connectivity index (χ4n) is 3.72. The van der Waals surface area contributed by atoms with E-state index in [2.05, 4.69) is 6.92 Å². The van der Waals surface area contributed by atoms with E-state index in [4.69, 9.17) is 18.6 Å². The molecule has 5 nitrogen and oxygen atoms in total. The first-order valence-corrected chi connectivity index (χ1v) is 10.9. The van der Waals surface area contributed by atoms with Crippen molar-refractivity contribution in [3.63, 3.8) is 0 Å². The molecule has 0 amide bonds. The van der Waals surface area contributed by atoms with E-state index in [9.17, 15) is 4.79 Å². The summed E-state index contributed by atoms with van der Waals surface area (Å²) in [7, 11) is -1.11. The van der Waals surface area contributed by atoms with Gasteiger partial charge in [0.15, 0.2) is 5.78 Å². The monoisotopic (exact) mass is 414 g/mol. The number of benzene rings is 1. The van der Waals surface area contributed by atoms with Crippen LogP contribution in [-0.2, 0) is 18.6 Å². The van der Waals surface area contributed by atoms with E-state index < -0.39 is 41.9 Å². The summed E-state index contributed by atoms with van der Waals surface area (Å²) < 4.78 is 25.7. The van der Waals surface area contributed by atoms with Crippen LogP contribution in [0.3, 0.4) is 0 Å². The second-order valence-corrected chi connectivity index (χ2v) is 11.0. The van der Waals surface area contributed by atoms with Crippen LogP contribution >= 0.6 is 0 Å². The van der Waals surface area contributed by atoms with Gasteiger partial charge in [-0.3, -0.25) is 4.79 Å². The summed E-state index contributed by atoms with van der Waals surface area (Å²) >= 11 is 0. The smallest absolute Gasteiger partial charge is 0.403 e. The molecule has 7 heteroatoms. The van der Waals surface area contributed by atoms with Crippen LogP contribution in [-0.4, -0.2) is 42.4 Å². The summed E-state index contributed by atoms with van der Waals surface area (Å²) in [4.78, 5) is 12.9. The molecule has 0 aliphatic carbocycles. The largest absolute Gasteiger partial charge is 0.461 e. The zero-order valence-corrected chi connectivity index (χ0v) is 20.0. The summed E-state index contributed by atoms with van der Waals surface area (Å²) in [6.45, 7) is 18.3. The van der Waals surface area contributed by atoms with Crippen molar-refractivity contribution in [1.82, 2.24) is 0 Å². The molecule has 0 atom stereocenters. The van der Waals surface area contributed by atoms with Gasteiger partial charge < -0.3 is 18.6 Å². The molecular weight excluding hydrogens is 378 g/mol. The molecule has 0 unspecified atom stereocenters. The maximum absolute atomic E-state index is 12.9. The van der Waals surface area contributed by atoms with Gasteiger partial charge in [-0.15, -0.1) is 0 Å². The molecule has 2 saturated heterocycles. The molecule has 2 aliphatic rings. The first-order chi connectivity index (χ1) is 13.6. The van der Waals surface area contributed by atoms with Crippen molar-refractivity contribution in [3.05, 3.63) is 35.9 Å². The van der Waals surface area contributed by atoms with Crippen molar-refractivity contribution < 1.29 is 23.4 Å². The van der Waals surface area contributed by atoms with Crippen molar-refractivity contribution in [1.29, 1.82) is 0 Å². The molecule has 30 heavy (non-hydrogen) atoms. The second kappa shape index (κ2) is 7.47. The van der Waals surface area contributed by atoms with Crippen molar-refractivity contribution in [2.45, 2.75) is 103 Å². The fourth-order valence-corrected chi connectivity index (χ4v) is 3.72. The lowest BCUT2D eigenvalue weighted by molar-refractivity contribution is 0.00578. The third-order valence-electron chi connectivity index (χ3n) is 7.57. The molecule has 0 N–H and O–H groups in total. The van der Waals surface area contributed by atoms with Crippen molar-refractivity contribution >= 4 is 20.0 Å². The average Bonchev–Trinajstić information content (AvgIpc) is 3.00. The first kappa shape index (κ1) is 23.5. The molecule has 0 aromatic heterocycles.